The molecular formula is C15H21NO5. The number of ether oxygens (including phenoxy) is 2. The zero-order valence-electron chi connectivity index (χ0n) is 12.5. The molecule has 0 aliphatic carbocycles. The Bertz CT molecular complexity index is 503. The number of nitrogens with one attached hydrogen (secondary N) is 1. The van der Waals surface area contributed by atoms with Gasteiger partial charge in [-0.3, -0.25) is 9.59 Å². The summed E-state index contributed by atoms with van der Waals surface area (Å²) in [5, 5.41) is 11.7. The second-order valence-corrected chi connectivity index (χ2v) is 5.15. The number of carboxylic acids is 1. The average Bonchev–Trinajstić information content (AvgIpc) is 2.38. The fourth-order valence-electron chi connectivity index (χ4n) is 2.10. The molecule has 1 rings (SSSR count). The summed E-state index contributed by atoms with van der Waals surface area (Å²) >= 11 is 0. The van der Waals surface area contributed by atoms with Gasteiger partial charge in [-0.2, -0.15) is 0 Å². The Morgan fingerprint density at radius 1 is 1.29 bits per heavy atom. The number of rotatable bonds is 8. The number of amides is 1. The van der Waals surface area contributed by atoms with Crippen molar-refractivity contribution in [3.63, 3.8) is 0 Å². The lowest BCUT2D eigenvalue weighted by Crippen LogP contribution is -2.50. The lowest BCUT2D eigenvalue weighted by atomic mass is 9.98. The van der Waals surface area contributed by atoms with Gasteiger partial charge >= 0.3 is 5.97 Å². The molecule has 0 radical (unpaired) electrons. The molecule has 0 aliphatic rings. The van der Waals surface area contributed by atoms with Crippen LogP contribution in [0.15, 0.2) is 24.3 Å². The van der Waals surface area contributed by atoms with E-state index in [4.69, 9.17) is 14.6 Å². The molecule has 6 heteroatoms. The third-order valence-electron chi connectivity index (χ3n) is 2.92. The van der Waals surface area contributed by atoms with Gasteiger partial charge in [0.15, 0.2) is 0 Å². The summed E-state index contributed by atoms with van der Waals surface area (Å²) in [6.07, 6.45) is -0.218. The van der Waals surface area contributed by atoms with Crippen LogP contribution in [0.1, 0.15) is 29.3 Å². The van der Waals surface area contributed by atoms with E-state index in [9.17, 15) is 9.59 Å². The van der Waals surface area contributed by atoms with Gasteiger partial charge in [0, 0.05) is 19.8 Å². The minimum Gasteiger partial charge on any atom is -0.481 e. The third kappa shape index (κ3) is 5.53. The van der Waals surface area contributed by atoms with Crippen molar-refractivity contribution in [2.24, 2.45) is 0 Å². The third-order valence-corrected chi connectivity index (χ3v) is 2.92. The Morgan fingerprint density at radius 3 is 2.57 bits per heavy atom. The van der Waals surface area contributed by atoms with Crippen LogP contribution in [0.4, 0.5) is 0 Å². The SMILES string of the molecule is COCc1cccc(C(=O)NC(C)(COC)CC(=O)O)c1. The highest BCUT2D eigenvalue weighted by Gasteiger charge is 2.30. The fourth-order valence-corrected chi connectivity index (χ4v) is 2.10. The van der Waals surface area contributed by atoms with Gasteiger partial charge < -0.3 is 19.9 Å². The normalized spacial score (nSPS) is 13.5. The number of aliphatic carboxylic acids is 1. The molecule has 21 heavy (non-hydrogen) atoms. The highest BCUT2D eigenvalue weighted by Crippen LogP contribution is 2.13. The van der Waals surface area contributed by atoms with Crippen molar-refractivity contribution in [1.82, 2.24) is 5.32 Å². The number of hydrogen-bond acceptors (Lipinski definition) is 4. The molecule has 0 saturated carbocycles. The zero-order chi connectivity index (χ0) is 15.9. The minimum atomic E-state index is -0.997. The second-order valence-electron chi connectivity index (χ2n) is 5.15. The number of carbonyl (C=O) groups is 2. The predicted molar refractivity (Wildman–Crippen MR) is 77.2 cm³/mol. The first-order chi connectivity index (χ1) is 9.90. The standard InChI is InChI=1S/C15H21NO5/c1-15(10-21-3,8-13(17)18)16-14(19)12-6-4-5-11(7-12)9-20-2/h4-7H,8-10H2,1-3H3,(H,16,19)(H,17,18). The van der Waals surface area contributed by atoms with Crippen molar-refractivity contribution in [2.45, 2.75) is 25.5 Å². The lowest BCUT2D eigenvalue weighted by molar-refractivity contribution is -0.139. The zero-order valence-corrected chi connectivity index (χ0v) is 12.5. The molecule has 0 aromatic heterocycles. The highest BCUT2D eigenvalue weighted by atomic mass is 16.5. The van der Waals surface area contributed by atoms with Gasteiger partial charge in [0.25, 0.3) is 5.91 Å². The van der Waals surface area contributed by atoms with E-state index in [2.05, 4.69) is 5.32 Å². The maximum Gasteiger partial charge on any atom is 0.305 e. The topological polar surface area (TPSA) is 84.9 Å². The van der Waals surface area contributed by atoms with Crippen LogP contribution in [-0.4, -0.2) is 43.3 Å². The largest absolute Gasteiger partial charge is 0.481 e. The second kappa shape index (κ2) is 7.75. The van der Waals surface area contributed by atoms with Crippen molar-refractivity contribution in [3.05, 3.63) is 35.4 Å². The van der Waals surface area contributed by atoms with Crippen LogP contribution in [0.5, 0.6) is 0 Å². The number of carboxylic acid groups (broad SMARTS) is 1. The van der Waals surface area contributed by atoms with Crippen molar-refractivity contribution in [1.29, 1.82) is 0 Å². The van der Waals surface area contributed by atoms with Crippen LogP contribution in [-0.2, 0) is 20.9 Å². The molecule has 1 amide bonds. The summed E-state index contributed by atoms with van der Waals surface area (Å²) in [4.78, 5) is 23.2. The van der Waals surface area contributed by atoms with E-state index in [-0.39, 0.29) is 18.9 Å². The first kappa shape index (κ1) is 17.1. The van der Waals surface area contributed by atoms with E-state index >= 15 is 0 Å². The Hall–Kier alpha value is -1.92. The molecular weight excluding hydrogens is 274 g/mol. The Morgan fingerprint density at radius 2 is 2.00 bits per heavy atom. The van der Waals surface area contributed by atoms with Crippen LogP contribution in [0.2, 0.25) is 0 Å². The van der Waals surface area contributed by atoms with Crippen molar-refractivity contribution < 1.29 is 24.2 Å². The van der Waals surface area contributed by atoms with E-state index < -0.39 is 11.5 Å². The van der Waals surface area contributed by atoms with Crippen LogP contribution in [0, 0.1) is 0 Å². The van der Waals surface area contributed by atoms with Crippen molar-refractivity contribution in [3.8, 4) is 0 Å². The maximum atomic E-state index is 12.3. The van der Waals surface area contributed by atoms with E-state index in [1.807, 2.05) is 6.07 Å². The van der Waals surface area contributed by atoms with Crippen LogP contribution >= 0.6 is 0 Å². The number of hydrogen-bond donors (Lipinski definition) is 2. The summed E-state index contributed by atoms with van der Waals surface area (Å²) in [6.45, 7) is 2.16. The van der Waals surface area contributed by atoms with Gasteiger partial charge in [0.05, 0.1) is 25.2 Å². The summed E-state index contributed by atoms with van der Waals surface area (Å²) in [7, 11) is 3.04. The van der Waals surface area contributed by atoms with Gasteiger partial charge in [-0.25, -0.2) is 0 Å². The lowest BCUT2D eigenvalue weighted by Gasteiger charge is -2.28. The Kier molecular flexibility index (Phi) is 6.33. The molecule has 116 valence electrons. The van der Waals surface area contributed by atoms with Gasteiger partial charge in [-0.1, -0.05) is 12.1 Å². The fraction of sp³-hybridized carbons (Fsp3) is 0.467. The molecule has 1 unspecified atom stereocenters. The average molecular weight is 295 g/mol. The molecule has 6 nitrogen and oxygen atoms in total. The minimum absolute atomic E-state index is 0.114. The maximum absolute atomic E-state index is 12.3. The number of carbonyl (C=O) groups excluding carboxylic acids is 1. The van der Waals surface area contributed by atoms with Gasteiger partial charge in [-0.15, -0.1) is 0 Å². The van der Waals surface area contributed by atoms with Gasteiger partial charge in [0.2, 0.25) is 0 Å². The molecule has 0 bridgehead atoms. The van der Waals surface area contributed by atoms with E-state index in [0.717, 1.165) is 5.56 Å². The summed E-state index contributed by atoms with van der Waals surface area (Å²) in [5.74, 6) is -1.34. The van der Waals surface area contributed by atoms with Gasteiger partial charge in [-0.05, 0) is 24.6 Å². The van der Waals surface area contributed by atoms with Crippen LogP contribution in [0.25, 0.3) is 0 Å². The van der Waals surface area contributed by atoms with Gasteiger partial charge in [0.1, 0.15) is 0 Å². The van der Waals surface area contributed by atoms with Crippen molar-refractivity contribution in [2.75, 3.05) is 20.8 Å². The molecule has 0 aliphatic heterocycles. The first-order valence-electron chi connectivity index (χ1n) is 6.51. The molecule has 1 atom stereocenters. The van der Waals surface area contributed by atoms with E-state index in [1.165, 1.54) is 7.11 Å². The Balaban J connectivity index is 2.86. The smallest absolute Gasteiger partial charge is 0.305 e. The van der Waals surface area contributed by atoms with E-state index in [0.29, 0.717) is 12.2 Å². The first-order valence-corrected chi connectivity index (χ1v) is 6.51. The predicted octanol–water partition coefficient (Wildman–Crippen LogP) is 1.44. The molecule has 0 fully saturated rings. The molecule has 1 aromatic rings. The Labute approximate surface area is 124 Å². The van der Waals surface area contributed by atoms with Crippen LogP contribution in [0.3, 0.4) is 0 Å². The number of benzene rings is 1. The van der Waals surface area contributed by atoms with Crippen LogP contribution < -0.4 is 5.32 Å². The highest BCUT2D eigenvalue weighted by molar-refractivity contribution is 5.95. The van der Waals surface area contributed by atoms with Crippen molar-refractivity contribution >= 4 is 11.9 Å². The summed E-state index contributed by atoms with van der Waals surface area (Å²) in [5.41, 5.74) is 0.365. The monoisotopic (exact) mass is 295 g/mol. The summed E-state index contributed by atoms with van der Waals surface area (Å²) in [6, 6.07) is 7.00. The molecule has 0 saturated heterocycles. The quantitative estimate of drug-likeness (QED) is 0.758. The van der Waals surface area contributed by atoms with E-state index in [1.54, 1.807) is 32.2 Å². The molecule has 0 heterocycles. The summed E-state index contributed by atoms with van der Waals surface area (Å²) < 4.78 is 10.0. The number of methoxy groups -OCH3 is 2. The molecule has 0 spiro atoms. The molecule has 1 aromatic carbocycles. The molecule has 2 N–H and O–H groups in total.